The molecule has 2 saturated heterocycles. The number of hydrogen-bond acceptors (Lipinski definition) is 14. The molecule has 0 radical (unpaired) electrons. The molecule has 22 nitrogen and oxygen atoms in total. The van der Waals surface area contributed by atoms with Crippen molar-refractivity contribution in [3.05, 3.63) is 87.2 Å². The number of ether oxygens (including phenoxy) is 2. The second-order valence-corrected chi connectivity index (χ2v) is 23.1. The number of piperidine rings is 2. The van der Waals surface area contributed by atoms with Gasteiger partial charge in [0.2, 0.25) is 17.8 Å². The molecule has 0 aliphatic carbocycles. The van der Waals surface area contributed by atoms with Gasteiger partial charge in [0.25, 0.3) is 17.9 Å². The van der Waals surface area contributed by atoms with E-state index in [9.17, 15) is 32.8 Å². The average molecular weight is 1190 g/mol. The fraction of sp³-hybridized carbons (Fsp3) is 0.532. The zero-order valence-corrected chi connectivity index (χ0v) is 50.4. The molecule has 10 rings (SSSR count). The van der Waals surface area contributed by atoms with Crippen LogP contribution in [0.5, 0.6) is 11.5 Å². The maximum atomic E-state index is 14.8. The van der Waals surface area contributed by atoms with E-state index in [4.69, 9.17) is 19.6 Å². The summed E-state index contributed by atoms with van der Waals surface area (Å²) in [4.78, 5) is 82.1. The molecule has 4 aliphatic rings. The molecular formula is C62H81F2N15O7. The van der Waals surface area contributed by atoms with Crippen LogP contribution in [0.4, 0.5) is 42.5 Å². The Kier molecular flexibility index (Phi) is 19.4. The number of carbonyl (C=O) groups excluding carboxylic acids is 4. The maximum Gasteiger partial charge on any atom is 0.317 e. The lowest BCUT2D eigenvalue weighted by Gasteiger charge is -2.34. The lowest BCUT2D eigenvalue weighted by molar-refractivity contribution is -0.132. The van der Waals surface area contributed by atoms with Crippen LogP contribution >= 0.6 is 0 Å². The van der Waals surface area contributed by atoms with Crippen LogP contribution in [-0.2, 0) is 47.9 Å². The van der Waals surface area contributed by atoms with Gasteiger partial charge in [0, 0.05) is 156 Å². The van der Waals surface area contributed by atoms with E-state index in [-0.39, 0.29) is 53.6 Å². The molecule has 8 heterocycles. The molecule has 0 saturated carbocycles. The third-order valence-corrected chi connectivity index (χ3v) is 17.4. The number of anilines is 5. The number of urea groups is 1. The molecule has 4 aliphatic heterocycles. The number of fused-ring (bicyclic) bond motifs is 3. The molecule has 0 unspecified atom stereocenters. The zero-order chi connectivity index (χ0) is 60.6. The first-order chi connectivity index (χ1) is 41.6. The Hall–Kier alpha value is -8.31. The highest BCUT2D eigenvalue weighted by Gasteiger charge is 2.36. The smallest absolute Gasteiger partial charge is 0.317 e. The van der Waals surface area contributed by atoms with Crippen molar-refractivity contribution in [2.75, 3.05) is 88.7 Å². The van der Waals surface area contributed by atoms with E-state index in [1.165, 1.54) is 18.7 Å². The van der Waals surface area contributed by atoms with E-state index in [1.54, 1.807) is 67.5 Å². The highest BCUT2D eigenvalue weighted by molar-refractivity contribution is 5.91. The standard InChI is InChI=1S/C62H81F2N15O7/c1-39-34-68-61(71-57(39)70-44-29-42-31-52(86-38-53(80)65-2)60(83)74(5)55(42)51(32-44)85-6)76-24-17-40(18-25-76)59(82)67-22-13-11-9-7-8-10-12-16-54(81)75-26-19-45(20-27-75)79-49-21-28-77(62(84)66-3)37-48(49)58(72-79)78-23-14-15-41-30-46(43-35-69-73(4)36-43)47(56(63)64)33-50(41)78/h29-36,40,45,56H,7-28,37-38H2,1-6H3,(H,65,80)(H,66,84)(H,67,82)(H,68,70,71). The number of unbranched alkanes of at least 4 members (excludes halogenated alkanes) is 6. The lowest BCUT2D eigenvalue weighted by atomic mass is 9.92. The summed E-state index contributed by atoms with van der Waals surface area (Å²) >= 11 is 0. The normalized spacial score (nSPS) is 15.6. The van der Waals surface area contributed by atoms with E-state index in [0.717, 1.165) is 98.7 Å². The largest absolute Gasteiger partial charge is 0.494 e. The Labute approximate surface area is 500 Å². The van der Waals surface area contributed by atoms with Crippen molar-refractivity contribution < 1.29 is 37.4 Å². The summed E-state index contributed by atoms with van der Waals surface area (Å²) in [5.41, 5.74) is 6.48. The molecule has 460 valence electrons. The number of likely N-dealkylation sites (N-methyl/N-ethyl adjacent to an activating group) is 1. The summed E-state index contributed by atoms with van der Waals surface area (Å²) < 4.78 is 46.1. The first kappa shape index (κ1) is 60.8. The van der Waals surface area contributed by atoms with Crippen LogP contribution in [0.15, 0.2) is 53.7 Å². The molecule has 2 fully saturated rings. The molecule has 0 spiro atoms. The molecular weight excluding hydrogens is 1100 g/mol. The highest BCUT2D eigenvalue weighted by atomic mass is 19.3. The Bertz CT molecular complexity index is 3490. The van der Waals surface area contributed by atoms with Gasteiger partial charge in [-0.1, -0.05) is 32.1 Å². The topological polar surface area (TPSA) is 231 Å². The molecule has 24 heteroatoms. The minimum atomic E-state index is -2.69. The number of halogens is 2. The van der Waals surface area contributed by atoms with Gasteiger partial charge >= 0.3 is 6.03 Å². The second-order valence-electron chi connectivity index (χ2n) is 23.1. The summed E-state index contributed by atoms with van der Waals surface area (Å²) in [6.45, 7) is 6.34. The van der Waals surface area contributed by atoms with Crippen molar-refractivity contribution in [2.45, 2.75) is 122 Å². The summed E-state index contributed by atoms with van der Waals surface area (Å²) in [5.74, 6) is 2.23. The summed E-state index contributed by atoms with van der Waals surface area (Å²) in [6.07, 6.45) is 15.1. The highest BCUT2D eigenvalue weighted by Crippen LogP contribution is 2.44. The van der Waals surface area contributed by atoms with Gasteiger partial charge in [0.05, 0.1) is 31.4 Å². The summed E-state index contributed by atoms with van der Waals surface area (Å²) in [6, 6.07) is 8.67. The first-order valence-corrected chi connectivity index (χ1v) is 30.4. The number of carbonyl (C=O) groups is 4. The van der Waals surface area contributed by atoms with Gasteiger partial charge in [0.1, 0.15) is 11.6 Å². The molecule has 86 heavy (non-hydrogen) atoms. The number of rotatable bonds is 22. The number of pyridine rings is 1. The van der Waals surface area contributed by atoms with Crippen molar-refractivity contribution in [1.82, 2.24) is 59.8 Å². The number of aryl methyl sites for hydroxylation is 4. The number of nitrogens with one attached hydrogen (secondary N) is 4. The Morgan fingerprint density at radius 3 is 2.29 bits per heavy atom. The van der Waals surface area contributed by atoms with E-state index in [1.807, 2.05) is 24.0 Å². The minimum absolute atomic E-state index is 0.0397. The summed E-state index contributed by atoms with van der Waals surface area (Å²) in [7, 11) is 8.06. The van der Waals surface area contributed by atoms with Gasteiger partial charge < -0.3 is 54.9 Å². The van der Waals surface area contributed by atoms with Gasteiger partial charge in [-0.2, -0.15) is 15.2 Å². The van der Waals surface area contributed by atoms with Crippen LogP contribution in [-0.4, -0.2) is 141 Å². The van der Waals surface area contributed by atoms with Gasteiger partial charge in [0.15, 0.2) is 18.2 Å². The molecule has 6 aromatic rings. The van der Waals surface area contributed by atoms with Crippen LogP contribution in [0.1, 0.15) is 124 Å². The molecule has 4 aromatic heterocycles. The fourth-order valence-corrected chi connectivity index (χ4v) is 12.6. The SMILES string of the molecule is CNC(=O)COc1cc2cc(Nc3nc(N4CCC(C(=O)NCCCCCCCCCC(=O)N5CCC(n6nc(N7CCCc8cc(-c9cnn(C)c9)c(C(F)F)cc87)c7c6CCN(C(=O)NC)C7)CC5)CC4)ncc3C)cc(OC)c2n(C)c1=O. The zero-order valence-electron chi connectivity index (χ0n) is 50.4. The van der Waals surface area contributed by atoms with Gasteiger partial charge in [-0.25, -0.2) is 18.6 Å². The van der Waals surface area contributed by atoms with Crippen molar-refractivity contribution in [3.8, 4) is 22.6 Å². The predicted octanol–water partition coefficient (Wildman–Crippen LogP) is 8.15. The number of methoxy groups -OCH3 is 1. The number of likely N-dealkylation sites (tertiary alicyclic amines) is 1. The van der Waals surface area contributed by atoms with Gasteiger partial charge in [-0.05, 0) is 93.7 Å². The molecule has 0 atom stereocenters. The van der Waals surface area contributed by atoms with E-state index >= 15 is 0 Å². The monoisotopic (exact) mass is 1190 g/mol. The predicted molar refractivity (Wildman–Crippen MR) is 325 cm³/mol. The third-order valence-electron chi connectivity index (χ3n) is 17.4. The molecule has 2 aromatic carbocycles. The van der Waals surface area contributed by atoms with Crippen molar-refractivity contribution in [2.24, 2.45) is 20.0 Å². The van der Waals surface area contributed by atoms with Crippen molar-refractivity contribution in [3.63, 3.8) is 0 Å². The van der Waals surface area contributed by atoms with E-state index in [2.05, 4.69) is 45.8 Å². The van der Waals surface area contributed by atoms with Crippen molar-refractivity contribution >= 4 is 63.6 Å². The molecule has 5 amide bonds. The van der Waals surface area contributed by atoms with E-state index < -0.39 is 12.0 Å². The minimum Gasteiger partial charge on any atom is -0.494 e. The van der Waals surface area contributed by atoms with Gasteiger partial charge in [-0.3, -0.25) is 28.5 Å². The number of hydrogen-bond donors (Lipinski definition) is 4. The number of aromatic nitrogens is 7. The van der Waals surface area contributed by atoms with Crippen LogP contribution in [0.25, 0.3) is 22.0 Å². The van der Waals surface area contributed by atoms with Crippen molar-refractivity contribution in [1.29, 1.82) is 0 Å². The quantitative estimate of drug-likeness (QED) is 0.0470. The number of benzene rings is 2. The molecule has 4 N–H and O–H groups in total. The third kappa shape index (κ3) is 13.5. The maximum absolute atomic E-state index is 14.8. The van der Waals surface area contributed by atoms with E-state index in [0.29, 0.717) is 129 Å². The average Bonchev–Trinajstić information content (AvgIpc) is 1.56. The fourth-order valence-electron chi connectivity index (χ4n) is 12.6. The Morgan fingerprint density at radius 1 is 0.826 bits per heavy atom. The van der Waals surface area contributed by atoms with Gasteiger partial charge in [-0.15, -0.1) is 0 Å². The Balaban J connectivity index is 0.634. The number of nitrogens with zero attached hydrogens (tertiary/aromatic N) is 11. The number of amides is 5. The van der Waals surface area contributed by atoms with Crippen LogP contribution in [0.2, 0.25) is 0 Å². The van der Waals surface area contributed by atoms with Crippen LogP contribution in [0.3, 0.4) is 0 Å². The van der Waals surface area contributed by atoms with Crippen LogP contribution < -0.4 is 46.1 Å². The second kappa shape index (κ2) is 27.4. The lowest BCUT2D eigenvalue weighted by Crippen LogP contribution is -2.42. The molecule has 0 bridgehead atoms. The summed E-state index contributed by atoms with van der Waals surface area (Å²) in [5, 5.41) is 22.0. The Morgan fingerprint density at radius 2 is 1.58 bits per heavy atom. The van der Waals surface area contributed by atoms with Crippen LogP contribution in [0, 0.1) is 12.8 Å². The first-order valence-electron chi connectivity index (χ1n) is 30.4. The number of alkyl halides is 2.